The summed E-state index contributed by atoms with van der Waals surface area (Å²) in [6.07, 6.45) is -0.910. The van der Waals surface area contributed by atoms with Crippen LogP contribution in [0.15, 0.2) is 29.8 Å². The number of hydrogen-bond acceptors (Lipinski definition) is 5. The van der Waals surface area contributed by atoms with Gasteiger partial charge >= 0.3 is 6.09 Å². The van der Waals surface area contributed by atoms with E-state index in [4.69, 9.17) is 16.3 Å². The van der Waals surface area contributed by atoms with Gasteiger partial charge in [0.25, 0.3) is 5.78 Å². The van der Waals surface area contributed by atoms with Crippen LogP contribution in [0, 0.1) is 5.82 Å². The van der Waals surface area contributed by atoms with Gasteiger partial charge in [0.05, 0.1) is 6.61 Å². The van der Waals surface area contributed by atoms with E-state index in [1.165, 1.54) is 19.1 Å². The van der Waals surface area contributed by atoms with E-state index in [-0.39, 0.29) is 17.2 Å². The Kier molecular flexibility index (Phi) is 4.27. The van der Waals surface area contributed by atoms with Gasteiger partial charge in [-0.3, -0.25) is 10.1 Å². The standard InChI is InChI=1S/C14H13ClFNO5/c1-3-21-13(20)17-12-10(18)11(19)14(2,22-12)8-6-7(15)4-5-9(8)16/h4-6,18H,3H2,1-2H3,(H,17,20). The molecule has 0 spiro atoms. The summed E-state index contributed by atoms with van der Waals surface area (Å²) in [5.74, 6) is -2.95. The first kappa shape index (κ1) is 16.1. The second kappa shape index (κ2) is 5.84. The zero-order valence-corrected chi connectivity index (χ0v) is 12.5. The highest BCUT2D eigenvalue weighted by atomic mass is 35.5. The fourth-order valence-corrected chi connectivity index (χ4v) is 2.18. The van der Waals surface area contributed by atoms with E-state index in [0.717, 1.165) is 6.07 Å². The Bertz CT molecular complexity index is 675. The molecule has 1 atom stereocenters. The van der Waals surface area contributed by atoms with Crippen LogP contribution >= 0.6 is 11.6 Å². The number of rotatable bonds is 3. The highest BCUT2D eigenvalue weighted by molar-refractivity contribution is 6.30. The van der Waals surface area contributed by atoms with Crippen molar-refractivity contribution in [3.8, 4) is 0 Å². The van der Waals surface area contributed by atoms with E-state index in [9.17, 15) is 19.1 Å². The lowest BCUT2D eigenvalue weighted by atomic mass is 9.91. The number of halogens is 2. The number of amides is 1. The molecule has 0 radical (unpaired) electrons. The molecule has 1 aromatic rings. The largest absolute Gasteiger partial charge is 0.501 e. The van der Waals surface area contributed by atoms with Gasteiger partial charge in [-0.15, -0.1) is 0 Å². The summed E-state index contributed by atoms with van der Waals surface area (Å²) in [6, 6.07) is 3.61. The van der Waals surface area contributed by atoms with Crippen LogP contribution in [0.4, 0.5) is 9.18 Å². The Morgan fingerprint density at radius 3 is 2.86 bits per heavy atom. The third-order valence-corrected chi connectivity index (χ3v) is 3.34. The van der Waals surface area contributed by atoms with Crippen molar-refractivity contribution in [3.63, 3.8) is 0 Å². The van der Waals surface area contributed by atoms with Crippen molar-refractivity contribution in [1.29, 1.82) is 0 Å². The maximum Gasteiger partial charge on any atom is 0.414 e. The smallest absolute Gasteiger partial charge is 0.414 e. The van der Waals surface area contributed by atoms with E-state index in [1.807, 2.05) is 0 Å². The first-order chi connectivity index (χ1) is 10.3. The number of aliphatic hydroxyl groups is 1. The molecule has 0 aromatic heterocycles. The highest BCUT2D eigenvalue weighted by Gasteiger charge is 2.49. The van der Waals surface area contributed by atoms with E-state index < -0.39 is 34.9 Å². The van der Waals surface area contributed by atoms with Gasteiger partial charge in [0.15, 0.2) is 0 Å². The molecule has 1 aliphatic heterocycles. The third kappa shape index (κ3) is 2.71. The summed E-state index contributed by atoms with van der Waals surface area (Å²) in [5, 5.41) is 12.1. The van der Waals surface area contributed by atoms with E-state index in [1.54, 1.807) is 6.92 Å². The number of ether oxygens (including phenoxy) is 2. The van der Waals surface area contributed by atoms with Crippen molar-refractivity contribution in [2.45, 2.75) is 19.4 Å². The van der Waals surface area contributed by atoms with Gasteiger partial charge in [-0.25, -0.2) is 9.18 Å². The van der Waals surface area contributed by atoms with Gasteiger partial charge in [-0.1, -0.05) is 11.6 Å². The Hall–Kier alpha value is -2.28. The van der Waals surface area contributed by atoms with Gasteiger partial charge in [0.1, 0.15) is 5.82 Å². The quantitative estimate of drug-likeness (QED) is 0.890. The summed E-state index contributed by atoms with van der Waals surface area (Å²) in [7, 11) is 0. The lowest BCUT2D eigenvalue weighted by Gasteiger charge is -2.24. The van der Waals surface area contributed by atoms with Gasteiger partial charge in [-0.05, 0) is 32.0 Å². The van der Waals surface area contributed by atoms with Crippen molar-refractivity contribution in [2.75, 3.05) is 6.61 Å². The van der Waals surface area contributed by atoms with E-state index in [0.29, 0.717) is 0 Å². The van der Waals surface area contributed by atoms with Crippen LogP contribution in [0.3, 0.4) is 0 Å². The molecular weight excluding hydrogens is 317 g/mol. The third-order valence-electron chi connectivity index (χ3n) is 3.10. The molecule has 0 saturated carbocycles. The van der Waals surface area contributed by atoms with Crippen molar-refractivity contribution in [2.24, 2.45) is 0 Å². The molecule has 0 bridgehead atoms. The van der Waals surface area contributed by atoms with Crippen molar-refractivity contribution in [3.05, 3.63) is 46.2 Å². The first-order valence-electron chi connectivity index (χ1n) is 6.36. The Labute approximate surface area is 130 Å². The molecule has 8 heteroatoms. The molecule has 1 aromatic carbocycles. The summed E-state index contributed by atoms with van der Waals surface area (Å²) < 4.78 is 23.9. The lowest BCUT2D eigenvalue weighted by molar-refractivity contribution is -0.132. The highest BCUT2D eigenvalue weighted by Crippen LogP contribution is 2.39. The summed E-state index contributed by atoms with van der Waals surface area (Å²) in [6.45, 7) is 2.94. The SMILES string of the molecule is CCOC(=O)NC1=C(O)C(=O)C(C)(c2cc(Cl)ccc2F)O1. The molecular formula is C14H13ClFNO5. The van der Waals surface area contributed by atoms with Crippen LogP contribution in [0.2, 0.25) is 5.02 Å². The zero-order chi connectivity index (χ0) is 16.5. The van der Waals surface area contributed by atoms with Crippen LogP contribution in [-0.4, -0.2) is 23.6 Å². The number of ketones is 1. The lowest BCUT2D eigenvalue weighted by Crippen LogP contribution is -2.33. The number of aliphatic hydroxyl groups excluding tert-OH is 1. The fraction of sp³-hybridized carbons (Fsp3) is 0.286. The number of Topliss-reactive ketones (excluding diaryl/α,β-unsaturated/α-hetero) is 1. The molecule has 1 amide bonds. The molecule has 1 unspecified atom stereocenters. The number of benzene rings is 1. The molecule has 6 nitrogen and oxygen atoms in total. The van der Waals surface area contributed by atoms with Crippen molar-refractivity contribution in [1.82, 2.24) is 5.32 Å². The van der Waals surface area contributed by atoms with Gasteiger partial charge in [0.2, 0.25) is 17.2 Å². The van der Waals surface area contributed by atoms with Crippen LogP contribution in [0.25, 0.3) is 0 Å². The molecule has 0 aliphatic carbocycles. The first-order valence-corrected chi connectivity index (χ1v) is 6.73. The second-order valence-corrected chi connectivity index (χ2v) is 5.05. The van der Waals surface area contributed by atoms with E-state index >= 15 is 0 Å². The van der Waals surface area contributed by atoms with Crippen LogP contribution in [-0.2, 0) is 19.9 Å². The topological polar surface area (TPSA) is 84.9 Å². The molecule has 22 heavy (non-hydrogen) atoms. The summed E-state index contributed by atoms with van der Waals surface area (Å²) in [5.41, 5.74) is -1.99. The van der Waals surface area contributed by atoms with Gasteiger partial charge in [-0.2, -0.15) is 0 Å². The minimum Gasteiger partial charge on any atom is -0.501 e. The number of alkyl carbamates (subject to hydrolysis) is 1. The Morgan fingerprint density at radius 2 is 2.23 bits per heavy atom. The molecule has 0 saturated heterocycles. The second-order valence-electron chi connectivity index (χ2n) is 4.61. The maximum atomic E-state index is 14.0. The molecule has 1 heterocycles. The molecule has 1 aliphatic rings. The zero-order valence-electron chi connectivity index (χ0n) is 11.8. The van der Waals surface area contributed by atoms with Crippen molar-refractivity contribution < 1.29 is 28.6 Å². The normalized spacial score (nSPS) is 20.8. The minimum absolute atomic E-state index is 0.0913. The monoisotopic (exact) mass is 329 g/mol. The molecule has 2 N–H and O–H groups in total. The Morgan fingerprint density at radius 1 is 1.55 bits per heavy atom. The number of nitrogens with one attached hydrogen (secondary N) is 1. The molecule has 118 valence electrons. The minimum atomic E-state index is -1.84. The van der Waals surface area contributed by atoms with Gasteiger partial charge < -0.3 is 14.6 Å². The van der Waals surface area contributed by atoms with E-state index in [2.05, 4.69) is 10.1 Å². The van der Waals surface area contributed by atoms with Crippen LogP contribution in [0.1, 0.15) is 19.4 Å². The summed E-state index contributed by atoms with van der Waals surface area (Å²) >= 11 is 5.80. The number of carbonyl (C=O) groups excluding carboxylic acids is 2. The fourth-order valence-electron chi connectivity index (χ4n) is 2.01. The predicted molar refractivity (Wildman–Crippen MR) is 74.7 cm³/mol. The summed E-state index contributed by atoms with van der Waals surface area (Å²) in [4.78, 5) is 23.6. The van der Waals surface area contributed by atoms with Gasteiger partial charge in [0, 0.05) is 10.6 Å². The maximum absolute atomic E-state index is 14.0. The average molecular weight is 330 g/mol. The molecule has 2 rings (SSSR count). The number of hydrogen-bond donors (Lipinski definition) is 2. The average Bonchev–Trinajstić information content (AvgIpc) is 2.67. The number of carbonyl (C=O) groups is 2. The van der Waals surface area contributed by atoms with Crippen molar-refractivity contribution >= 4 is 23.5 Å². The van der Waals surface area contributed by atoms with Crippen LogP contribution < -0.4 is 5.32 Å². The van der Waals surface area contributed by atoms with Crippen LogP contribution in [0.5, 0.6) is 0 Å². The predicted octanol–water partition coefficient (Wildman–Crippen LogP) is 2.77. The Balaban J connectivity index is 2.34. The molecule has 0 fully saturated rings.